The highest BCUT2D eigenvalue weighted by Gasteiger charge is 2.40. The van der Waals surface area contributed by atoms with E-state index in [4.69, 9.17) is 0 Å². The van der Waals surface area contributed by atoms with Crippen molar-refractivity contribution in [2.45, 2.75) is 60.8 Å². The first-order valence-electron chi connectivity index (χ1n) is 7.31. The maximum Gasteiger partial charge on any atom is 0.163 e. The van der Waals surface area contributed by atoms with Crippen molar-refractivity contribution in [1.29, 1.82) is 0 Å². The standard InChI is InChI=1S/C10H10O.3C2H6/c11-10-2-1-6-3-7-4-8(7)5-9(6)10;3*1-2/h3,5,7-8H,1-2,4H2;3*1-2H3. The summed E-state index contributed by atoms with van der Waals surface area (Å²) in [5, 5.41) is 0. The third-order valence-electron chi connectivity index (χ3n) is 2.95. The van der Waals surface area contributed by atoms with E-state index in [1.807, 2.05) is 41.5 Å². The number of carbonyl (C=O) groups is 1. The second-order valence-electron chi connectivity index (χ2n) is 3.76. The molecule has 2 fully saturated rings. The zero-order valence-corrected chi connectivity index (χ0v) is 12.3. The molecule has 1 nitrogen and oxygen atoms in total. The Morgan fingerprint density at radius 3 is 2.00 bits per heavy atom. The summed E-state index contributed by atoms with van der Waals surface area (Å²) in [6.07, 6.45) is 7.59. The van der Waals surface area contributed by atoms with Crippen molar-refractivity contribution in [1.82, 2.24) is 0 Å². The van der Waals surface area contributed by atoms with Gasteiger partial charge in [0.1, 0.15) is 0 Å². The highest BCUT2D eigenvalue weighted by molar-refractivity contribution is 6.03. The molecule has 0 bridgehead atoms. The molecule has 2 saturated carbocycles. The maximum absolute atomic E-state index is 11.3. The first kappa shape index (κ1) is 16.1. The zero-order chi connectivity index (χ0) is 13.4. The summed E-state index contributed by atoms with van der Waals surface area (Å²) in [6, 6.07) is 0. The van der Waals surface area contributed by atoms with E-state index in [1.54, 1.807) is 0 Å². The van der Waals surface area contributed by atoms with Crippen LogP contribution in [0.4, 0.5) is 0 Å². The molecule has 0 aromatic heterocycles. The maximum atomic E-state index is 11.3. The van der Waals surface area contributed by atoms with Gasteiger partial charge in [-0.25, -0.2) is 0 Å². The summed E-state index contributed by atoms with van der Waals surface area (Å²) in [4.78, 5) is 11.3. The van der Waals surface area contributed by atoms with Crippen molar-refractivity contribution in [2.75, 3.05) is 0 Å². The van der Waals surface area contributed by atoms with Crippen LogP contribution in [0.25, 0.3) is 0 Å². The lowest BCUT2D eigenvalue weighted by atomic mass is 10.0. The molecule has 0 aromatic carbocycles. The summed E-state index contributed by atoms with van der Waals surface area (Å²) in [5.74, 6) is 1.91. The molecule has 3 rings (SSSR count). The molecular weight excluding hydrogens is 208 g/mol. The first-order valence-corrected chi connectivity index (χ1v) is 7.31. The van der Waals surface area contributed by atoms with E-state index in [0.717, 1.165) is 30.3 Å². The smallest absolute Gasteiger partial charge is 0.163 e. The molecule has 2 atom stereocenters. The highest BCUT2D eigenvalue weighted by atomic mass is 16.1. The first-order chi connectivity index (χ1) is 8.34. The van der Waals surface area contributed by atoms with Crippen molar-refractivity contribution in [3.05, 3.63) is 23.3 Å². The molecule has 1 heteroatoms. The molecular formula is C16H28O. The van der Waals surface area contributed by atoms with Crippen LogP contribution in [0.1, 0.15) is 60.8 Å². The van der Waals surface area contributed by atoms with Crippen molar-refractivity contribution in [2.24, 2.45) is 11.8 Å². The number of hydrogen-bond donors (Lipinski definition) is 0. The van der Waals surface area contributed by atoms with Gasteiger partial charge in [0.25, 0.3) is 0 Å². The van der Waals surface area contributed by atoms with Crippen LogP contribution < -0.4 is 0 Å². The van der Waals surface area contributed by atoms with Gasteiger partial charge in [0.05, 0.1) is 0 Å². The monoisotopic (exact) mass is 236 g/mol. The van der Waals surface area contributed by atoms with Crippen LogP contribution in [0, 0.1) is 11.8 Å². The van der Waals surface area contributed by atoms with Gasteiger partial charge in [-0.1, -0.05) is 53.7 Å². The van der Waals surface area contributed by atoms with Crippen LogP contribution in [0.3, 0.4) is 0 Å². The van der Waals surface area contributed by atoms with Crippen molar-refractivity contribution in [3.63, 3.8) is 0 Å². The average molecular weight is 236 g/mol. The molecule has 0 N–H and O–H groups in total. The normalized spacial score (nSPS) is 26.4. The Morgan fingerprint density at radius 2 is 1.41 bits per heavy atom. The Hall–Kier alpha value is -0.850. The molecule has 3 aliphatic rings. The number of Topliss-reactive ketones (excluding diaryl/α,β-unsaturated/α-hetero) is 1. The molecule has 0 radical (unpaired) electrons. The molecule has 0 aromatic rings. The Morgan fingerprint density at radius 1 is 0.882 bits per heavy atom. The van der Waals surface area contributed by atoms with Gasteiger partial charge in [-0.3, -0.25) is 4.79 Å². The summed E-state index contributed by atoms with van der Waals surface area (Å²) < 4.78 is 0. The van der Waals surface area contributed by atoms with Gasteiger partial charge in [0.15, 0.2) is 5.78 Å². The Balaban J connectivity index is 0.000000379. The van der Waals surface area contributed by atoms with Gasteiger partial charge >= 0.3 is 0 Å². The van der Waals surface area contributed by atoms with E-state index >= 15 is 0 Å². The van der Waals surface area contributed by atoms with Crippen molar-refractivity contribution in [3.8, 4) is 0 Å². The second kappa shape index (κ2) is 8.27. The molecule has 0 amide bonds. The third kappa shape index (κ3) is 3.83. The Kier molecular flexibility index (Phi) is 7.86. The van der Waals surface area contributed by atoms with Gasteiger partial charge in [0, 0.05) is 12.0 Å². The topological polar surface area (TPSA) is 17.1 Å². The minimum atomic E-state index is 0.376. The number of ketones is 1. The fourth-order valence-electron chi connectivity index (χ4n) is 2.16. The number of carbonyl (C=O) groups excluding carboxylic acids is 1. The van der Waals surface area contributed by atoms with Gasteiger partial charge in [-0.05, 0) is 30.3 Å². The number of allylic oxidation sites excluding steroid dienone is 4. The molecule has 17 heavy (non-hydrogen) atoms. The van der Waals surface area contributed by atoms with Crippen LogP contribution >= 0.6 is 0 Å². The van der Waals surface area contributed by atoms with E-state index in [1.165, 1.54) is 12.0 Å². The second-order valence-corrected chi connectivity index (χ2v) is 3.76. The van der Waals surface area contributed by atoms with Gasteiger partial charge in [-0.15, -0.1) is 0 Å². The minimum Gasteiger partial charge on any atom is -0.294 e. The zero-order valence-electron chi connectivity index (χ0n) is 12.3. The lowest BCUT2D eigenvalue weighted by molar-refractivity contribution is -0.114. The van der Waals surface area contributed by atoms with Crippen molar-refractivity contribution < 1.29 is 4.79 Å². The predicted octanol–water partition coefficient (Wildman–Crippen LogP) is 4.93. The molecule has 0 aliphatic heterocycles. The molecule has 98 valence electrons. The minimum absolute atomic E-state index is 0.376. The lowest BCUT2D eigenvalue weighted by Crippen LogP contribution is -1.97. The quantitative estimate of drug-likeness (QED) is 0.583. The van der Waals surface area contributed by atoms with Gasteiger partial charge in [-0.2, -0.15) is 0 Å². The Labute approximate surface area is 107 Å². The van der Waals surface area contributed by atoms with Crippen LogP contribution in [-0.4, -0.2) is 5.78 Å². The third-order valence-corrected chi connectivity index (χ3v) is 2.95. The van der Waals surface area contributed by atoms with Gasteiger partial charge < -0.3 is 0 Å². The summed E-state index contributed by atoms with van der Waals surface area (Å²) in [7, 11) is 0. The highest BCUT2D eigenvalue weighted by Crippen LogP contribution is 2.49. The summed E-state index contributed by atoms with van der Waals surface area (Å²) in [6.45, 7) is 12.0. The SMILES string of the molecule is CC.CC.CC.O=C1CCC2=CC3CC3C=C12. The summed E-state index contributed by atoms with van der Waals surface area (Å²) >= 11 is 0. The average Bonchev–Trinajstić information content (AvgIpc) is 3.11. The molecule has 3 aliphatic carbocycles. The van der Waals surface area contributed by atoms with Crippen molar-refractivity contribution >= 4 is 5.78 Å². The van der Waals surface area contributed by atoms with Crippen LogP contribution in [-0.2, 0) is 4.79 Å². The largest absolute Gasteiger partial charge is 0.294 e. The van der Waals surface area contributed by atoms with E-state index in [9.17, 15) is 4.79 Å². The molecule has 0 heterocycles. The predicted molar refractivity (Wildman–Crippen MR) is 76.0 cm³/mol. The van der Waals surface area contributed by atoms with E-state index in [0.29, 0.717) is 5.78 Å². The number of hydrogen-bond acceptors (Lipinski definition) is 1. The van der Waals surface area contributed by atoms with Crippen LogP contribution in [0.15, 0.2) is 23.3 Å². The fourth-order valence-corrected chi connectivity index (χ4v) is 2.16. The van der Waals surface area contributed by atoms with E-state index in [2.05, 4.69) is 12.2 Å². The van der Waals surface area contributed by atoms with E-state index < -0.39 is 0 Å². The molecule has 0 spiro atoms. The summed E-state index contributed by atoms with van der Waals surface area (Å²) in [5.41, 5.74) is 2.40. The van der Waals surface area contributed by atoms with Gasteiger partial charge in [0.2, 0.25) is 0 Å². The number of fused-ring (bicyclic) bond motifs is 2. The number of rotatable bonds is 0. The molecule has 0 saturated heterocycles. The fraction of sp³-hybridized carbons (Fsp3) is 0.688. The molecule has 2 unspecified atom stereocenters. The van der Waals surface area contributed by atoms with Crippen LogP contribution in [0.5, 0.6) is 0 Å². The van der Waals surface area contributed by atoms with E-state index in [-0.39, 0.29) is 0 Å². The Bertz CT molecular complexity index is 297. The van der Waals surface area contributed by atoms with Crippen LogP contribution in [0.2, 0.25) is 0 Å². The lowest BCUT2D eigenvalue weighted by Gasteiger charge is -2.03.